The number of carbonyl (C=O) groups excluding carboxylic acids is 1. The summed E-state index contributed by atoms with van der Waals surface area (Å²) in [6.07, 6.45) is 0.879. The highest BCUT2D eigenvalue weighted by molar-refractivity contribution is 7.96. The van der Waals surface area contributed by atoms with Crippen molar-refractivity contribution in [3.63, 3.8) is 0 Å². The molecule has 0 unspecified atom stereocenters. The molecule has 1 aromatic rings. The van der Waals surface area contributed by atoms with E-state index in [4.69, 9.17) is 0 Å². The van der Waals surface area contributed by atoms with Crippen LogP contribution in [0.2, 0.25) is 0 Å². The average molecular weight is 223 g/mol. The van der Waals surface area contributed by atoms with Gasteiger partial charge in [-0.25, -0.2) is 0 Å². The SMILES string of the molecule is Cc1ccc(CCN(C)C(=O)S)cc1C. The molecule has 0 heterocycles. The van der Waals surface area contributed by atoms with E-state index in [0.717, 1.165) is 6.42 Å². The van der Waals surface area contributed by atoms with Crippen LogP contribution in [0.3, 0.4) is 0 Å². The molecule has 0 fully saturated rings. The minimum atomic E-state index is -0.182. The Labute approximate surface area is 96.7 Å². The zero-order valence-corrected chi connectivity index (χ0v) is 10.3. The van der Waals surface area contributed by atoms with E-state index in [9.17, 15) is 4.79 Å². The molecule has 0 N–H and O–H groups in total. The predicted octanol–water partition coefficient (Wildman–Crippen LogP) is 2.83. The van der Waals surface area contributed by atoms with Gasteiger partial charge in [0, 0.05) is 13.6 Å². The van der Waals surface area contributed by atoms with Crippen LogP contribution in [-0.4, -0.2) is 23.7 Å². The first-order valence-corrected chi connectivity index (χ1v) is 5.45. The molecular formula is C12H17NOS. The summed E-state index contributed by atoms with van der Waals surface area (Å²) in [6.45, 7) is 4.92. The molecule has 1 aromatic carbocycles. The van der Waals surface area contributed by atoms with Gasteiger partial charge in [-0.2, -0.15) is 0 Å². The molecule has 0 aromatic heterocycles. The van der Waals surface area contributed by atoms with Crippen molar-refractivity contribution in [2.45, 2.75) is 20.3 Å². The lowest BCUT2D eigenvalue weighted by atomic mass is 10.0. The molecule has 0 aliphatic heterocycles. The molecule has 1 rings (SSSR count). The van der Waals surface area contributed by atoms with Gasteiger partial charge in [0.1, 0.15) is 0 Å². The van der Waals surface area contributed by atoms with Gasteiger partial charge in [-0.1, -0.05) is 30.8 Å². The number of aryl methyl sites for hydroxylation is 2. The third-order valence-electron chi connectivity index (χ3n) is 2.63. The maximum atomic E-state index is 10.9. The second-order valence-electron chi connectivity index (χ2n) is 3.87. The van der Waals surface area contributed by atoms with Crippen LogP contribution in [0.15, 0.2) is 18.2 Å². The quantitative estimate of drug-likeness (QED) is 0.781. The van der Waals surface area contributed by atoms with Crippen LogP contribution in [0.4, 0.5) is 4.79 Å². The van der Waals surface area contributed by atoms with E-state index >= 15 is 0 Å². The number of hydrogen-bond acceptors (Lipinski definition) is 1. The Morgan fingerprint density at radius 1 is 1.33 bits per heavy atom. The summed E-state index contributed by atoms with van der Waals surface area (Å²) in [7, 11) is 1.76. The van der Waals surface area contributed by atoms with Gasteiger partial charge < -0.3 is 4.90 Å². The third kappa shape index (κ3) is 3.59. The smallest absolute Gasteiger partial charge is 0.278 e. The molecule has 0 atom stereocenters. The molecule has 0 saturated carbocycles. The van der Waals surface area contributed by atoms with E-state index in [2.05, 4.69) is 44.7 Å². The highest BCUT2D eigenvalue weighted by atomic mass is 32.1. The predicted molar refractivity (Wildman–Crippen MR) is 66.6 cm³/mol. The molecule has 0 radical (unpaired) electrons. The van der Waals surface area contributed by atoms with E-state index in [1.165, 1.54) is 16.7 Å². The first-order valence-electron chi connectivity index (χ1n) is 5.01. The highest BCUT2D eigenvalue weighted by Gasteiger charge is 2.03. The van der Waals surface area contributed by atoms with Crippen molar-refractivity contribution in [3.8, 4) is 0 Å². The molecule has 0 saturated heterocycles. The fourth-order valence-corrected chi connectivity index (χ4v) is 1.45. The topological polar surface area (TPSA) is 20.3 Å². The maximum Gasteiger partial charge on any atom is 0.278 e. The summed E-state index contributed by atoms with van der Waals surface area (Å²) in [5.74, 6) is 0. The summed E-state index contributed by atoms with van der Waals surface area (Å²) in [5, 5.41) is -0.182. The molecule has 0 aliphatic rings. The summed E-state index contributed by atoms with van der Waals surface area (Å²) in [6, 6.07) is 6.40. The maximum absolute atomic E-state index is 10.9. The van der Waals surface area contributed by atoms with Gasteiger partial charge >= 0.3 is 0 Å². The summed E-state index contributed by atoms with van der Waals surface area (Å²) < 4.78 is 0. The average Bonchev–Trinajstić information content (AvgIpc) is 2.19. The molecule has 0 bridgehead atoms. The Balaban J connectivity index is 2.58. The van der Waals surface area contributed by atoms with Crippen molar-refractivity contribution in [1.82, 2.24) is 4.90 Å². The number of nitrogens with zero attached hydrogens (tertiary/aromatic N) is 1. The summed E-state index contributed by atoms with van der Waals surface area (Å²) in [4.78, 5) is 12.5. The van der Waals surface area contributed by atoms with Crippen molar-refractivity contribution >= 4 is 17.9 Å². The number of hydrogen-bond donors (Lipinski definition) is 1. The number of rotatable bonds is 3. The van der Waals surface area contributed by atoms with Crippen LogP contribution in [0.25, 0.3) is 0 Å². The molecule has 3 heteroatoms. The summed E-state index contributed by atoms with van der Waals surface area (Å²) in [5.41, 5.74) is 3.87. The minimum absolute atomic E-state index is 0.182. The van der Waals surface area contributed by atoms with Gasteiger partial charge in [0.05, 0.1) is 0 Å². The van der Waals surface area contributed by atoms with Crippen LogP contribution in [-0.2, 0) is 6.42 Å². The van der Waals surface area contributed by atoms with Crippen LogP contribution < -0.4 is 0 Å². The monoisotopic (exact) mass is 223 g/mol. The number of likely N-dealkylation sites (N-methyl/N-ethyl adjacent to an activating group) is 1. The lowest BCUT2D eigenvalue weighted by Gasteiger charge is -2.14. The van der Waals surface area contributed by atoms with Crippen molar-refractivity contribution in [2.24, 2.45) is 0 Å². The van der Waals surface area contributed by atoms with E-state index < -0.39 is 0 Å². The molecule has 1 amide bonds. The minimum Gasteiger partial charge on any atom is -0.337 e. The van der Waals surface area contributed by atoms with Crippen molar-refractivity contribution in [1.29, 1.82) is 0 Å². The lowest BCUT2D eigenvalue weighted by Crippen LogP contribution is -2.23. The molecule has 82 valence electrons. The standard InChI is InChI=1S/C12H17NOS/c1-9-4-5-11(8-10(9)2)6-7-13(3)12(14)15/h4-5,8H,6-7H2,1-3H3,(H,14,15). The van der Waals surface area contributed by atoms with Gasteiger partial charge in [0.15, 0.2) is 0 Å². The van der Waals surface area contributed by atoms with Gasteiger partial charge in [0.2, 0.25) is 0 Å². The third-order valence-corrected chi connectivity index (χ3v) is 2.98. The largest absolute Gasteiger partial charge is 0.337 e. The van der Waals surface area contributed by atoms with E-state index in [1.54, 1.807) is 11.9 Å². The molecule has 0 spiro atoms. The van der Waals surface area contributed by atoms with Crippen LogP contribution in [0, 0.1) is 13.8 Å². The number of thiol groups is 1. The van der Waals surface area contributed by atoms with Gasteiger partial charge in [-0.05, 0) is 37.0 Å². The van der Waals surface area contributed by atoms with Crippen molar-refractivity contribution < 1.29 is 4.79 Å². The van der Waals surface area contributed by atoms with Crippen molar-refractivity contribution in [2.75, 3.05) is 13.6 Å². The van der Waals surface area contributed by atoms with E-state index in [1.807, 2.05) is 0 Å². The zero-order chi connectivity index (χ0) is 11.4. The summed E-state index contributed by atoms with van der Waals surface area (Å²) >= 11 is 3.76. The Bertz CT molecular complexity index is 363. The molecule has 15 heavy (non-hydrogen) atoms. The molecular weight excluding hydrogens is 206 g/mol. The Morgan fingerprint density at radius 2 is 2.00 bits per heavy atom. The highest BCUT2D eigenvalue weighted by Crippen LogP contribution is 2.10. The number of carbonyl (C=O) groups is 1. The van der Waals surface area contributed by atoms with Crippen molar-refractivity contribution in [3.05, 3.63) is 34.9 Å². The second-order valence-corrected chi connectivity index (χ2v) is 4.26. The fourth-order valence-electron chi connectivity index (χ4n) is 1.35. The zero-order valence-electron chi connectivity index (χ0n) is 9.45. The second kappa shape index (κ2) is 5.21. The normalized spacial score (nSPS) is 10.1. The molecule has 0 aliphatic carbocycles. The lowest BCUT2D eigenvalue weighted by molar-refractivity contribution is 0.234. The van der Waals surface area contributed by atoms with Crippen LogP contribution in [0.5, 0.6) is 0 Å². The van der Waals surface area contributed by atoms with Crippen LogP contribution in [0.1, 0.15) is 16.7 Å². The first-order chi connectivity index (χ1) is 7.00. The van der Waals surface area contributed by atoms with Gasteiger partial charge in [-0.3, -0.25) is 4.79 Å². The number of amides is 1. The first kappa shape index (κ1) is 12.1. The molecule has 2 nitrogen and oxygen atoms in total. The van der Waals surface area contributed by atoms with E-state index in [0.29, 0.717) is 6.54 Å². The Morgan fingerprint density at radius 3 is 2.53 bits per heavy atom. The van der Waals surface area contributed by atoms with Crippen LogP contribution >= 0.6 is 12.6 Å². The Hall–Kier alpha value is -0.960. The fraction of sp³-hybridized carbons (Fsp3) is 0.417. The Kier molecular flexibility index (Phi) is 4.21. The van der Waals surface area contributed by atoms with Gasteiger partial charge in [-0.15, -0.1) is 0 Å². The van der Waals surface area contributed by atoms with E-state index in [-0.39, 0.29) is 5.24 Å². The number of benzene rings is 1. The van der Waals surface area contributed by atoms with Gasteiger partial charge in [0.25, 0.3) is 5.24 Å².